The summed E-state index contributed by atoms with van der Waals surface area (Å²) in [5.74, 6) is -0.397. The van der Waals surface area contributed by atoms with Crippen molar-refractivity contribution in [3.8, 4) is 0 Å². The average Bonchev–Trinajstić information content (AvgIpc) is 2.49. The number of carbonyl (C=O) groups excluding carboxylic acids is 1. The number of hydrogen-bond donors (Lipinski definition) is 1. The van der Waals surface area contributed by atoms with Crippen LogP contribution in [0.5, 0.6) is 0 Å². The molecule has 1 aromatic rings. The first-order chi connectivity index (χ1) is 9.87. The van der Waals surface area contributed by atoms with Gasteiger partial charge >= 0.3 is 0 Å². The third kappa shape index (κ3) is 3.40. The second-order valence-corrected chi connectivity index (χ2v) is 7.55. The summed E-state index contributed by atoms with van der Waals surface area (Å²) in [6.07, 6.45) is 0. The molecule has 0 aromatic heterocycles. The number of ether oxygens (including phenoxy) is 1. The molecule has 1 saturated heterocycles. The normalized spacial score (nSPS) is 20.2. The van der Waals surface area contributed by atoms with Gasteiger partial charge in [0, 0.05) is 18.1 Å². The number of halogens is 2. The monoisotopic (exact) mass is 396 g/mol. The SMILES string of the molecule is CNC(=O)C1COCCN1S(=O)(=O)c1ccc(Cl)c(Br)c1. The van der Waals surface area contributed by atoms with E-state index in [1.165, 1.54) is 25.2 Å². The summed E-state index contributed by atoms with van der Waals surface area (Å²) >= 11 is 9.08. The Labute approximate surface area is 136 Å². The zero-order valence-electron chi connectivity index (χ0n) is 11.2. The fourth-order valence-electron chi connectivity index (χ4n) is 2.02. The van der Waals surface area contributed by atoms with Crippen molar-refractivity contribution in [2.75, 3.05) is 26.8 Å². The lowest BCUT2D eigenvalue weighted by atomic mass is 10.2. The van der Waals surface area contributed by atoms with Crippen LogP contribution in [-0.4, -0.2) is 51.5 Å². The van der Waals surface area contributed by atoms with Crippen LogP contribution in [-0.2, 0) is 19.6 Å². The number of nitrogens with zero attached hydrogens (tertiary/aromatic N) is 1. The molecule has 1 aliphatic heterocycles. The van der Waals surface area contributed by atoms with E-state index in [2.05, 4.69) is 21.2 Å². The van der Waals surface area contributed by atoms with Crippen molar-refractivity contribution >= 4 is 43.5 Å². The molecule has 1 amide bonds. The van der Waals surface area contributed by atoms with E-state index in [0.717, 1.165) is 4.31 Å². The van der Waals surface area contributed by atoms with Crippen molar-refractivity contribution in [1.29, 1.82) is 0 Å². The van der Waals surface area contributed by atoms with Gasteiger partial charge in [-0.15, -0.1) is 0 Å². The van der Waals surface area contributed by atoms with Crippen molar-refractivity contribution in [3.05, 3.63) is 27.7 Å². The fraction of sp³-hybridized carbons (Fsp3) is 0.417. The van der Waals surface area contributed by atoms with E-state index in [-0.39, 0.29) is 24.7 Å². The molecule has 6 nitrogen and oxygen atoms in total. The molecule has 1 fully saturated rings. The van der Waals surface area contributed by atoms with E-state index in [1.807, 2.05) is 0 Å². The van der Waals surface area contributed by atoms with Crippen molar-refractivity contribution in [2.24, 2.45) is 0 Å². The minimum Gasteiger partial charge on any atom is -0.378 e. The molecule has 2 rings (SSSR count). The van der Waals surface area contributed by atoms with Crippen LogP contribution in [0.25, 0.3) is 0 Å². The molecule has 1 aromatic carbocycles. The van der Waals surface area contributed by atoms with Gasteiger partial charge in [-0.2, -0.15) is 4.31 Å². The molecule has 0 aliphatic carbocycles. The molecule has 21 heavy (non-hydrogen) atoms. The van der Waals surface area contributed by atoms with Crippen LogP contribution in [0.1, 0.15) is 0 Å². The van der Waals surface area contributed by atoms with Gasteiger partial charge in [-0.25, -0.2) is 8.42 Å². The number of sulfonamides is 1. The Morgan fingerprint density at radius 1 is 1.52 bits per heavy atom. The van der Waals surface area contributed by atoms with E-state index in [9.17, 15) is 13.2 Å². The molecule has 1 N–H and O–H groups in total. The van der Waals surface area contributed by atoms with Gasteiger partial charge in [-0.05, 0) is 34.1 Å². The van der Waals surface area contributed by atoms with Crippen molar-refractivity contribution in [3.63, 3.8) is 0 Å². The topological polar surface area (TPSA) is 75.7 Å². The lowest BCUT2D eigenvalue weighted by molar-refractivity contribution is -0.128. The summed E-state index contributed by atoms with van der Waals surface area (Å²) in [5, 5.41) is 2.87. The largest absolute Gasteiger partial charge is 0.378 e. The number of hydrogen-bond acceptors (Lipinski definition) is 4. The number of rotatable bonds is 3. The van der Waals surface area contributed by atoms with Crippen LogP contribution in [0.15, 0.2) is 27.6 Å². The maximum absolute atomic E-state index is 12.7. The van der Waals surface area contributed by atoms with E-state index >= 15 is 0 Å². The highest BCUT2D eigenvalue weighted by Gasteiger charge is 2.38. The molecule has 0 radical (unpaired) electrons. The quantitative estimate of drug-likeness (QED) is 0.832. The van der Waals surface area contributed by atoms with Gasteiger partial charge in [-0.1, -0.05) is 11.6 Å². The number of likely N-dealkylation sites (N-methyl/N-ethyl adjacent to an activating group) is 1. The highest BCUT2D eigenvalue weighted by molar-refractivity contribution is 9.10. The number of nitrogens with one attached hydrogen (secondary N) is 1. The van der Waals surface area contributed by atoms with Crippen LogP contribution in [0, 0.1) is 0 Å². The van der Waals surface area contributed by atoms with E-state index < -0.39 is 22.0 Å². The maximum Gasteiger partial charge on any atom is 0.244 e. The third-order valence-corrected chi connectivity index (χ3v) is 6.24. The molecule has 1 aliphatic rings. The van der Waals surface area contributed by atoms with Gasteiger partial charge in [0.25, 0.3) is 0 Å². The number of morpholine rings is 1. The standard InChI is InChI=1S/C12H14BrClN2O4S/c1-15-12(17)11-7-20-5-4-16(11)21(18,19)8-2-3-10(14)9(13)6-8/h2-3,6,11H,4-5,7H2,1H3,(H,15,17). The van der Waals surface area contributed by atoms with Gasteiger partial charge in [0.1, 0.15) is 6.04 Å². The van der Waals surface area contributed by atoms with Crippen LogP contribution in [0.3, 0.4) is 0 Å². The van der Waals surface area contributed by atoms with Crippen LogP contribution in [0.4, 0.5) is 0 Å². The van der Waals surface area contributed by atoms with Gasteiger partial charge in [0.2, 0.25) is 15.9 Å². The molecule has 0 saturated carbocycles. The Bertz CT molecular complexity index is 653. The molecule has 1 unspecified atom stereocenters. The molecule has 116 valence electrons. The summed E-state index contributed by atoms with van der Waals surface area (Å²) in [7, 11) is -2.34. The van der Waals surface area contributed by atoms with Gasteiger partial charge < -0.3 is 10.1 Å². The lowest BCUT2D eigenvalue weighted by Crippen LogP contribution is -2.55. The van der Waals surface area contributed by atoms with Crippen molar-refractivity contribution < 1.29 is 17.9 Å². The Kier molecular flexibility index (Phi) is 5.26. The summed E-state index contributed by atoms with van der Waals surface area (Å²) in [6, 6.07) is 3.46. The zero-order valence-corrected chi connectivity index (χ0v) is 14.3. The highest BCUT2D eigenvalue weighted by Crippen LogP contribution is 2.28. The Morgan fingerprint density at radius 3 is 2.86 bits per heavy atom. The first kappa shape index (κ1) is 16.7. The second-order valence-electron chi connectivity index (χ2n) is 4.40. The van der Waals surface area contributed by atoms with Gasteiger partial charge in [0.05, 0.1) is 23.1 Å². The van der Waals surface area contributed by atoms with E-state index in [0.29, 0.717) is 9.50 Å². The molecule has 1 heterocycles. The summed E-state index contributed by atoms with van der Waals surface area (Å²) < 4.78 is 32.3. The molecule has 0 spiro atoms. The molecular formula is C12H14BrClN2O4S. The molecule has 9 heteroatoms. The highest BCUT2D eigenvalue weighted by atomic mass is 79.9. The fourth-order valence-corrected chi connectivity index (χ4v) is 4.25. The first-order valence-electron chi connectivity index (χ1n) is 6.14. The molecular weight excluding hydrogens is 384 g/mol. The van der Waals surface area contributed by atoms with Crippen LogP contribution in [0.2, 0.25) is 5.02 Å². The van der Waals surface area contributed by atoms with Crippen molar-refractivity contribution in [2.45, 2.75) is 10.9 Å². The Balaban J connectivity index is 2.40. The van der Waals surface area contributed by atoms with Crippen LogP contribution < -0.4 is 5.32 Å². The third-order valence-electron chi connectivity index (χ3n) is 3.13. The molecule has 0 bridgehead atoms. The zero-order chi connectivity index (χ0) is 15.6. The second kappa shape index (κ2) is 6.62. The van der Waals surface area contributed by atoms with Crippen molar-refractivity contribution in [1.82, 2.24) is 9.62 Å². The molecule has 1 atom stereocenters. The van der Waals surface area contributed by atoms with Gasteiger partial charge in [0.15, 0.2) is 0 Å². The average molecular weight is 398 g/mol. The minimum absolute atomic E-state index is 0.0354. The van der Waals surface area contributed by atoms with E-state index in [4.69, 9.17) is 16.3 Å². The minimum atomic E-state index is -3.80. The van der Waals surface area contributed by atoms with Gasteiger partial charge in [-0.3, -0.25) is 4.79 Å². The summed E-state index contributed by atoms with van der Waals surface area (Å²) in [6.45, 7) is 0.413. The number of benzene rings is 1. The number of amides is 1. The first-order valence-corrected chi connectivity index (χ1v) is 8.75. The Morgan fingerprint density at radius 2 is 2.24 bits per heavy atom. The maximum atomic E-state index is 12.7. The lowest BCUT2D eigenvalue weighted by Gasteiger charge is -2.33. The smallest absolute Gasteiger partial charge is 0.244 e. The van der Waals surface area contributed by atoms with E-state index in [1.54, 1.807) is 0 Å². The predicted molar refractivity (Wildman–Crippen MR) is 81.7 cm³/mol. The summed E-state index contributed by atoms with van der Waals surface area (Å²) in [5.41, 5.74) is 0. The Hall–Kier alpha value is -0.670. The van der Waals surface area contributed by atoms with Crippen LogP contribution >= 0.6 is 27.5 Å². The predicted octanol–water partition coefficient (Wildman–Crippen LogP) is 1.24. The number of carbonyl (C=O) groups is 1. The summed E-state index contributed by atoms with van der Waals surface area (Å²) in [4.78, 5) is 11.9.